The molecule has 0 saturated carbocycles. The fourth-order valence-electron chi connectivity index (χ4n) is 2.34. The van der Waals surface area contributed by atoms with Gasteiger partial charge in [-0.2, -0.15) is 0 Å². The van der Waals surface area contributed by atoms with E-state index in [1.807, 2.05) is 44.2 Å². The van der Waals surface area contributed by atoms with E-state index in [1.165, 1.54) is 4.68 Å². The zero-order chi connectivity index (χ0) is 15.6. The summed E-state index contributed by atoms with van der Waals surface area (Å²) in [5, 5.41) is 27.4. The van der Waals surface area contributed by atoms with Gasteiger partial charge in [0.05, 0.1) is 12.2 Å². The van der Waals surface area contributed by atoms with Crippen LogP contribution in [0.1, 0.15) is 48.4 Å². The van der Waals surface area contributed by atoms with Gasteiger partial charge in [0, 0.05) is 0 Å². The van der Waals surface area contributed by atoms with Crippen molar-refractivity contribution < 1.29 is 15.0 Å². The van der Waals surface area contributed by atoms with Crippen LogP contribution in [-0.2, 0) is 12.1 Å². The number of rotatable bonds is 5. The van der Waals surface area contributed by atoms with E-state index < -0.39 is 11.6 Å². The highest BCUT2D eigenvalue weighted by molar-refractivity contribution is 5.86. The van der Waals surface area contributed by atoms with Crippen molar-refractivity contribution in [1.29, 1.82) is 0 Å². The second kappa shape index (κ2) is 5.65. The molecule has 2 aromatic rings. The number of carbonyl (C=O) groups is 1. The summed E-state index contributed by atoms with van der Waals surface area (Å²) in [7, 11) is 0. The second-order valence-electron chi connectivity index (χ2n) is 5.58. The van der Waals surface area contributed by atoms with E-state index in [1.54, 1.807) is 6.92 Å². The quantitative estimate of drug-likeness (QED) is 0.879. The van der Waals surface area contributed by atoms with Crippen LogP contribution in [0.2, 0.25) is 0 Å². The summed E-state index contributed by atoms with van der Waals surface area (Å²) in [6.45, 7) is 5.57. The Labute approximate surface area is 123 Å². The summed E-state index contributed by atoms with van der Waals surface area (Å²) in [5.74, 6) is -1.16. The summed E-state index contributed by atoms with van der Waals surface area (Å²) in [4.78, 5) is 11.2. The molecule has 0 aliphatic heterocycles. The average molecular weight is 289 g/mol. The molecule has 1 unspecified atom stereocenters. The Balaban J connectivity index is 2.38. The first-order chi connectivity index (χ1) is 9.83. The number of aromatic carboxylic acids is 1. The summed E-state index contributed by atoms with van der Waals surface area (Å²) in [6, 6.07) is 9.21. The lowest BCUT2D eigenvalue weighted by molar-refractivity contribution is 0.0329. The van der Waals surface area contributed by atoms with E-state index >= 15 is 0 Å². The van der Waals surface area contributed by atoms with Crippen LogP contribution in [-0.4, -0.2) is 31.2 Å². The van der Waals surface area contributed by atoms with Gasteiger partial charge in [0.15, 0.2) is 5.69 Å². The highest BCUT2D eigenvalue weighted by Gasteiger charge is 2.28. The van der Waals surface area contributed by atoms with Gasteiger partial charge >= 0.3 is 5.97 Å². The lowest BCUT2D eigenvalue weighted by atomic mass is 9.95. The van der Waals surface area contributed by atoms with Crippen LogP contribution in [0.3, 0.4) is 0 Å². The summed E-state index contributed by atoms with van der Waals surface area (Å²) < 4.78 is 1.47. The molecule has 1 heterocycles. The van der Waals surface area contributed by atoms with Gasteiger partial charge < -0.3 is 10.2 Å². The van der Waals surface area contributed by atoms with Gasteiger partial charge in [0.25, 0.3) is 0 Å². The molecule has 0 radical (unpaired) electrons. The largest absolute Gasteiger partial charge is 0.476 e. The molecule has 0 bridgehead atoms. The van der Waals surface area contributed by atoms with Crippen LogP contribution < -0.4 is 0 Å². The maximum Gasteiger partial charge on any atom is 0.358 e. The van der Waals surface area contributed by atoms with Crippen molar-refractivity contribution in [3.8, 4) is 0 Å². The Hall–Kier alpha value is -2.21. The van der Waals surface area contributed by atoms with Crippen LogP contribution in [0.25, 0.3) is 0 Å². The predicted molar refractivity (Wildman–Crippen MR) is 77.1 cm³/mol. The Morgan fingerprint density at radius 1 is 1.33 bits per heavy atom. The minimum absolute atomic E-state index is 0.0577. The van der Waals surface area contributed by atoms with Crippen molar-refractivity contribution in [1.82, 2.24) is 15.0 Å². The average Bonchev–Trinajstić information content (AvgIpc) is 2.83. The SMILES string of the molecule is CC(C)c1c(C(=O)O)nnn1CC(C)(O)c1ccccc1. The summed E-state index contributed by atoms with van der Waals surface area (Å²) in [6.07, 6.45) is 0. The van der Waals surface area contributed by atoms with E-state index in [0.29, 0.717) is 5.69 Å². The van der Waals surface area contributed by atoms with Crippen molar-refractivity contribution in [3.05, 3.63) is 47.3 Å². The first kappa shape index (κ1) is 15.2. The molecule has 0 spiro atoms. The van der Waals surface area contributed by atoms with Gasteiger partial charge in [-0.3, -0.25) is 0 Å². The fraction of sp³-hybridized carbons (Fsp3) is 0.400. The topological polar surface area (TPSA) is 88.2 Å². The number of nitrogens with zero attached hydrogens (tertiary/aromatic N) is 3. The van der Waals surface area contributed by atoms with Crippen molar-refractivity contribution in [3.63, 3.8) is 0 Å². The monoisotopic (exact) mass is 289 g/mol. The van der Waals surface area contributed by atoms with E-state index in [2.05, 4.69) is 10.3 Å². The molecular formula is C15H19N3O3. The maximum atomic E-state index is 11.2. The van der Waals surface area contributed by atoms with Crippen LogP contribution in [0, 0.1) is 0 Å². The lowest BCUT2D eigenvalue weighted by Crippen LogP contribution is -2.29. The van der Waals surface area contributed by atoms with E-state index in [4.69, 9.17) is 5.11 Å². The number of aliphatic hydroxyl groups is 1. The Kier molecular flexibility index (Phi) is 4.09. The number of carboxylic acids is 1. The molecule has 0 amide bonds. The summed E-state index contributed by atoms with van der Waals surface area (Å²) >= 11 is 0. The first-order valence-corrected chi connectivity index (χ1v) is 6.77. The minimum atomic E-state index is -1.16. The van der Waals surface area contributed by atoms with Crippen molar-refractivity contribution in [2.24, 2.45) is 0 Å². The van der Waals surface area contributed by atoms with Gasteiger partial charge in [-0.25, -0.2) is 9.48 Å². The van der Waals surface area contributed by atoms with Gasteiger partial charge in [-0.05, 0) is 18.4 Å². The first-order valence-electron chi connectivity index (χ1n) is 6.77. The number of benzene rings is 1. The Morgan fingerprint density at radius 3 is 2.48 bits per heavy atom. The highest BCUT2D eigenvalue weighted by atomic mass is 16.4. The predicted octanol–water partition coefficient (Wildman–Crippen LogP) is 2.01. The molecule has 112 valence electrons. The van der Waals surface area contributed by atoms with Crippen molar-refractivity contribution in [2.75, 3.05) is 0 Å². The van der Waals surface area contributed by atoms with Crippen LogP contribution in [0.4, 0.5) is 0 Å². The van der Waals surface area contributed by atoms with E-state index in [-0.39, 0.29) is 18.2 Å². The zero-order valence-corrected chi connectivity index (χ0v) is 12.3. The molecule has 2 N–H and O–H groups in total. The molecule has 1 atom stereocenters. The molecule has 0 aliphatic carbocycles. The third-order valence-electron chi connectivity index (χ3n) is 3.38. The minimum Gasteiger partial charge on any atom is -0.476 e. The fourth-order valence-corrected chi connectivity index (χ4v) is 2.34. The molecule has 1 aromatic heterocycles. The maximum absolute atomic E-state index is 11.2. The molecule has 6 heteroatoms. The summed E-state index contributed by atoms with van der Waals surface area (Å²) in [5.41, 5.74) is 0.0358. The molecule has 0 fully saturated rings. The number of hydrogen-bond donors (Lipinski definition) is 2. The number of carboxylic acid groups (broad SMARTS) is 1. The van der Waals surface area contributed by atoms with E-state index in [9.17, 15) is 9.90 Å². The van der Waals surface area contributed by atoms with Crippen LogP contribution in [0.15, 0.2) is 30.3 Å². The smallest absolute Gasteiger partial charge is 0.358 e. The molecular weight excluding hydrogens is 270 g/mol. The van der Waals surface area contributed by atoms with Gasteiger partial charge in [0.1, 0.15) is 5.60 Å². The normalized spacial score (nSPS) is 14.1. The van der Waals surface area contributed by atoms with Crippen LogP contribution in [0.5, 0.6) is 0 Å². The zero-order valence-electron chi connectivity index (χ0n) is 12.3. The van der Waals surface area contributed by atoms with Gasteiger partial charge in [-0.1, -0.05) is 49.4 Å². The van der Waals surface area contributed by atoms with Crippen molar-refractivity contribution >= 4 is 5.97 Å². The Morgan fingerprint density at radius 2 is 1.95 bits per heavy atom. The second-order valence-corrected chi connectivity index (χ2v) is 5.58. The third-order valence-corrected chi connectivity index (χ3v) is 3.38. The molecule has 21 heavy (non-hydrogen) atoms. The van der Waals surface area contributed by atoms with Gasteiger partial charge in [0.2, 0.25) is 0 Å². The third kappa shape index (κ3) is 3.11. The molecule has 0 aliphatic rings. The molecule has 2 rings (SSSR count). The molecule has 0 saturated heterocycles. The van der Waals surface area contributed by atoms with Crippen molar-refractivity contribution in [2.45, 2.75) is 38.8 Å². The number of hydrogen-bond acceptors (Lipinski definition) is 4. The molecule has 1 aromatic carbocycles. The highest BCUT2D eigenvalue weighted by Crippen LogP contribution is 2.25. The number of aromatic nitrogens is 3. The lowest BCUT2D eigenvalue weighted by Gasteiger charge is -2.25. The standard InChI is InChI=1S/C15H19N3O3/c1-10(2)13-12(14(19)20)16-17-18(13)9-15(3,21)11-7-5-4-6-8-11/h4-8,10,21H,9H2,1-3H3,(H,19,20). The molecule has 6 nitrogen and oxygen atoms in total. The Bertz CT molecular complexity index is 633. The van der Waals surface area contributed by atoms with Gasteiger partial charge in [-0.15, -0.1) is 5.10 Å². The van der Waals surface area contributed by atoms with Crippen LogP contribution >= 0.6 is 0 Å². The van der Waals surface area contributed by atoms with E-state index in [0.717, 1.165) is 5.56 Å².